The number of hydrogen-bond acceptors (Lipinski definition) is 7. The predicted octanol–water partition coefficient (Wildman–Crippen LogP) is -0.329. The van der Waals surface area contributed by atoms with Crippen molar-refractivity contribution in [3.05, 3.63) is 58.7 Å². The van der Waals surface area contributed by atoms with Crippen LogP contribution in [0.2, 0.25) is 0 Å². The van der Waals surface area contributed by atoms with Gasteiger partial charge in [-0.3, -0.25) is 9.59 Å². The van der Waals surface area contributed by atoms with E-state index in [1.165, 1.54) is 12.1 Å². The Morgan fingerprint density at radius 3 is 2.71 bits per heavy atom. The van der Waals surface area contributed by atoms with Gasteiger partial charge in [0.05, 0.1) is 17.5 Å². The Balaban J connectivity index is 1.76. The van der Waals surface area contributed by atoms with Gasteiger partial charge in [0, 0.05) is 17.8 Å². The summed E-state index contributed by atoms with van der Waals surface area (Å²) in [6, 6.07) is 8.50. The van der Waals surface area contributed by atoms with Crippen molar-refractivity contribution in [1.29, 1.82) is 0 Å². The van der Waals surface area contributed by atoms with Crippen LogP contribution in [0.15, 0.2) is 36.4 Å². The zero-order valence-corrected chi connectivity index (χ0v) is 16.8. The number of amides is 2. The number of carbonyl (C=O) groups excluding carboxylic acids is 2. The number of nitrogens with one attached hydrogen (secondary N) is 2. The quantitative estimate of drug-likeness (QED) is 0.340. The molecule has 0 spiro atoms. The topological polar surface area (TPSA) is 177 Å². The number of hydrogen-bond donors (Lipinski definition) is 6. The molecule has 0 bridgehead atoms. The number of anilines is 1. The Hall–Kier alpha value is -3.41. The maximum Gasteiger partial charge on any atom is 0.547 e. The highest BCUT2D eigenvalue weighted by atomic mass is 16.5. The van der Waals surface area contributed by atoms with E-state index in [0.29, 0.717) is 11.3 Å². The Kier molecular flexibility index (Phi) is 6.59. The lowest BCUT2D eigenvalue weighted by atomic mass is 9.72. The lowest BCUT2D eigenvalue weighted by Gasteiger charge is -2.29. The molecule has 0 radical (unpaired) electrons. The van der Waals surface area contributed by atoms with E-state index >= 15 is 0 Å². The lowest BCUT2D eigenvalue weighted by Crippen LogP contribution is -2.53. The van der Waals surface area contributed by atoms with Crippen molar-refractivity contribution >= 4 is 30.6 Å². The Morgan fingerprint density at radius 2 is 2.03 bits per heavy atom. The van der Waals surface area contributed by atoms with Crippen LogP contribution < -0.4 is 26.8 Å². The molecule has 0 unspecified atom stereocenters. The Bertz CT molecular complexity index is 1030. The average molecular weight is 426 g/mol. The third-order valence-corrected chi connectivity index (χ3v) is 5.01. The number of carbonyl (C=O) groups is 3. The molecular weight excluding hydrogens is 403 g/mol. The molecule has 31 heavy (non-hydrogen) atoms. The number of benzene rings is 2. The van der Waals surface area contributed by atoms with Gasteiger partial charge in [-0.25, -0.2) is 4.79 Å². The van der Waals surface area contributed by atoms with Gasteiger partial charge in [-0.1, -0.05) is 18.2 Å². The largest absolute Gasteiger partial charge is 0.547 e. The molecule has 0 fully saturated rings. The van der Waals surface area contributed by atoms with Crippen molar-refractivity contribution < 1.29 is 29.2 Å². The van der Waals surface area contributed by atoms with E-state index in [1.807, 2.05) is 0 Å². The third kappa shape index (κ3) is 4.85. The molecule has 0 aromatic heterocycles. The Labute approximate surface area is 178 Å². The standard InChI is InChI=1S/C20H23BN4O6/c1-10-5-6-12(7-15(10)24-19(27)14(23)9-22)18(26)25-16-8-11-3-2-4-13(20(28)29)17(11)31-21(16)30/h2-7,14,16,30H,8-9,22-23H2,1H3,(H,24,27)(H,25,26)(H,28,29)/t14-,16-/m0/s1. The van der Waals surface area contributed by atoms with Crippen molar-refractivity contribution in [2.45, 2.75) is 25.3 Å². The van der Waals surface area contributed by atoms with Crippen molar-refractivity contribution in [2.24, 2.45) is 11.5 Å². The van der Waals surface area contributed by atoms with Gasteiger partial charge in [0.25, 0.3) is 5.91 Å². The number of nitrogens with two attached hydrogens (primary N) is 2. The molecule has 2 amide bonds. The molecule has 162 valence electrons. The van der Waals surface area contributed by atoms with Crippen molar-refractivity contribution in [2.75, 3.05) is 11.9 Å². The summed E-state index contributed by atoms with van der Waals surface area (Å²) in [5, 5.41) is 24.9. The van der Waals surface area contributed by atoms with Gasteiger partial charge in [0.2, 0.25) is 5.91 Å². The minimum absolute atomic E-state index is 0.0182. The summed E-state index contributed by atoms with van der Waals surface area (Å²) in [5.41, 5.74) is 12.9. The summed E-state index contributed by atoms with van der Waals surface area (Å²) < 4.78 is 5.39. The highest BCUT2D eigenvalue weighted by Crippen LogP contribution is 2.30. The van der Waals surface area contributed by atoms with E-state index in [1.54, 1.807) is 31.2 Å². The second-order valence-electron chi connectivity index (χ2n) is 7.25. The van der Waals surface area contributed by atoms with Gasteiger partial charge >= 0.3 is 13.1 Å². The van der Waals surface area contributed by atoms with Gasteiger partial charge in [-0.05, 0) is 42.7 Å². The van der Waals surface area contributed by atoms with Crippen LogP contribution in [0.1, 0.15) is 31.8 Å². The number of para-hydroxylation sites is 1. The molecule has 1 heterocycles. The smallest absolute Gasteiger partial charge is 0.534 e. The zero-order chi connectivity index (χ0) is 22.7. The van der Waals surface area contributed by atoms with Crippen LogP contribution in [0, 0.1) is 6.92 Å². The first-order chi connectivity index (χ1) is 14.7. The molecular formula is C20H23BN4O6. The number of fused-ring (bicyclic) bond motifs is 1. The summed E-state index contributed by atoms with van der Waals surface area (Å²) in [5.74, 6) is -2.84. The molecule has 3 rings (SSSR count). The molecule has 2 atom stereocenters. The summed E-state index contributed by atoms with van der Waals surface area (Å²) in [6.45, 7) is 1.75. The number of carboxylic acids is 1. The molecule has 8 N–H and O–H groups in total. The van der Waals surface area contributed by atoms with Gasteiger partial charge in [0.15, 0.2) is 0 Å². The van der Waals surface area contributed by atoms with Gasteiger partial charge in [-0.15, -0.1) is 0 Å². The second-order valence-corrected chi connectivity index (χ2v) is 7.25. The maximum atomic E-state index is 12.8. The number of aryl methyl sites for hydroxylation is 1. The van der Waals surface area contributed by atoms with Crippen LogP contribution in [0.3, 0.4) is 0 Å². The lowest BCUT2D eigenvalue weighted by molar-refractivity contribution is -0.117. The van der Waals surface area contributed by atoms with Crippen molar-refractivity contribution in [3.63, 3.8) is 0 Å². The van der Waals surface area contributed by atoms with E-state index in [-0.39, 0.29) is 29.8 Å². The minimum Gasteiger partial charge on any atom is -0.534 e. The number of rotatable bonds is 6. The fraction of sp³-hybridized carbons (Fsp3) is 0.250. The first kappa shape index (κ1) is 22.3. The number of carboxylic acid groups (broad SMARTS) is 1. The highest BCUT2D eigenvalue weighted by Gasteiger charge is 2.37. The van der Waals surface area contributed by atoms with E-state index in [2.05, 4.69) is 10.6 Å². The minimum atomic E-state index is -1.43. The average Bonchev–Trinajstić information content (AvgIpc) is 2.74. The molecule has 1 aliphatic rings. The third-order valence-electron chi connectivity index (χ3n) is 5.01. The molecule has 1 aliphatic heterocycles. The fourth-order valence-electron chi connectivity index (χ4n) is 3.20. The fourth-order valence-corrected chi connectivity index (χ4v) is 3.20. The van der Waals surface area contributed by atoms with Crippen LogP contribution in [-0.4, -0.2) is 53.6 Å². The van der Waals surface area contributed by atoms with Crippen LogP contribution in [0.4, 0.5) is 5.69 Å². The van der Waals surface area contributed by atoms with Crippen LogP contribution in [0.5, 0.6) is 5.75 Å². The summed E-state index contributed by atoms with van der Waals surface area (Å²) in [4.78, 5) is 36.1. The van der Waals surface area contributed by atoms with Crippen molar-refractivity contribution in [3.8, 4) is 5.75 Å². The first-order valence-corrected chi connectivity index (χ1v) is 9.59. The second kappa shape index (κ2) is 9.17. The summed E-state index contributed by atoms with van der Waals surface area (Å²) >= 11 is 0. The van der Waals surface area contributed by atoms with Crippen molar-refractivity contribution in [1.82, 2.24) is 5.32 Å². The maximum absolute atomic E-state index is 12.8. The predicted molar refractivity (Wildman–Crippen MR) is 114 cm³/mol. The molecule has 11 heteroatoms. The molecule has 0 saturated carbocycles. The van der Waals surface area contributed by atoms with E-state index in [4.69, 9.17) is 16.1 Å². The summed E-state index contributed by atoms with van der Waals surface area (Å²) in [6.07, 6.45) is 0.185. The highest BCUT2D eigenvalue weighted by molar-refractivity contribution is 6.47. The van der Waals surface area contributed by atoms with E-state index in [0.717, 1.165) is 5.56 Å². The monoisotopic (exact) mass is 426 g/mol. The normalized spacial score (nSPS) is 16.0. The van der Waals surface area contributed by atoms with E-state index in [9.17, 15) is 24.5 Å². The van der Waals surface area contributed by atoms with E-state index < -0.39 is 36.9 Å². The van der Waals surface area contributed by atoms with Gasteiger partial charge in [-0.2, -0.15) is 0 Å². The number of aromatic carboxylic acids is 1. The summed E-state index contributed by atoms with van der Waals surface area (Å²) in [7, 11) is -1.43. The van der Waals surface area contributed by atoms with Crippen LogP contribution in [-0.2, 0) is 11.2 Å². The van der Waals surface area contributed by atoms with Crippen LogP contribution in [0.25, 0.3) is 0 Å². The zero-order valence-electron chi connectivity index (χ0n) is 16.8. The molecule has 2 aromatic carbocycles. The molecule has 10 nitrogen and oxygen atoms in total. The Morgan fingerprint density at radius 1 is 1.29 bits per heavy atom. The molecule has 2 aromatic rings. The van der Waals surface area contributed by atoms with Gasteiger partial charge in [0.1, 0.15) is 5.75 Å². The molecule has 0 aliphatic carbocycles. The van der Waals surface area contributed by atoms with Crippen LogP contribution >= 0.6 is 0 Å². The SMILES string of the molecule is Cc1ccc(C(=O)N[C@H]2Cc3cccc(C(=O)O)c3OB2O)cc1NC(=O)[C@@H](N)CN. The first-order valence-electron chi connectivity index (χ1n) is 9.59. The molecule has 0 saturated heterocycles. The van der Waals surface area contributed by atoms with Gasteiger partial charge < -0.3 is 36.9 Å².